The van der Waals surface area contributed by atoms with Crippen molar-refractivity contribution < 1.29 is 47.9 Å². The first-order valence-corrected chi connectivity index (χ1v) is 23.8. The summed E-state index contributed by atoms with van der Waals surface area (Å²) in [6.07, 6.45) is 10.4. The van der Waals surface area contributed by atoms with Gasteiger partial charge in [-0.25, -0.2) is 14.6 Å². The van der Waals surface area contributed by atoms with E-state index in [1.54, 1.807) is 54.6 Å². The smallest absolute Gasteiger partial charge is 0.407 e. The Kier molecular flexibility index (Phi) is 21.0. The lowest BCUT2D eigenvalue weighted by Gasteiger charge is -2.22. The quantitative estimate of drug-likeness (QED) is 0.0422. The molecule has 382 valence electrons. The standard InChI is InChI=1S/C50H62N12O10/c1-3-20-61(21-4-2)48(69)36-24-34-13-14-35(25-40(34)59-41(51)26-36)46(67)58-38-23-33(27-53-29-38)28-56-50(71)72-31-32-11-15-37(16-12-32)57-47(68)39(9-8-19-54-49(52)70)60-43(64)30-55-42(63)10-6-5-7-22-62-44(65)17-18-45(62)66/h11-18,23-25,27,29,39H,3-10,19-22,26,28,30-31H2,1-2H3,(H2,51,59)(H,55,63)(H,56,71)(H,57,68)(H,58,67)(H,60,64)(H3,52,54,70). The zero-order valence-corrected chi connectivity index (χ0v) is 40.4. The molecule has 1 unspecified atom stereocenters. The van der Waals surface area contributed by atoms with E-state index < -0.39 is 35.9 Å². The molecule has 1 atom stereocenters. The van der Waals surface area contributed by atoms with Crippen molar-refractivity contribution in [3.63, 3.8) is 0 Å². The van der Waals surface area contributed by atoms with Crippen LogP contribution in [0.15, 0.2) is 83.6 Å². The van der Waals surface area contributed by atoms with Crippen LogP contribution >= 0.6 is 0 Å². The Labute approximate surface area is 416 Å². The van der Waals surface area contributed by atoms with Gasteiger partial charge < -0.3 is 53.0 Å². The molecule has 2 aliphatic rings. The molecular weight excluding hydrogens is 929 g/mol. The predicted molar refractivity (Wildman–Crippen MR) is 268 cm³/mol. The number of fused-ring (bicyclic) bond motifs is 1. The molecule has 22 nitrogen and oxygen atoms in total. The predicted octanol–water partition coefficient (Wildman–Crippen LogP) is 3.66. The van der Waals surface area contributed by atoms with Gasteiger partial charge in [0.25, 0.3) is 17.7 Å². The number of amides is 10. The topological polar surface area (TPSA) is 319 Å². The number of anilines is 2. The number of alkyl carbamates (subject to hydrolysis) is 1. The first-order chi connectivity index (χ1) is 34.6. The number of amidine groups is 1. The summed E-state index contributed by atoms with van der Waals surface area (Å²) in [5, 5.41) is 15.8. The van der Waals surface area contributed by atoms with Crippen LogP contribution in [0.3, 0.4) is 0 Å². The third kappa shape index (κ3) is 17.5. The van der Waals surface area contributed by atoms with Gasteiger partial charge in [-0.1, -0.05) is 38.5 Å². The maximum atomic E-state index is 13.4. The van der Waals surface area contributed by atoms with Crippen molar-refractivity contribution in [1.29, 1.82) is 0 Å². The van der Waals surface area contributed by atoms with Crippen LogP contribution in [0.5, 0.6) is 0 Å². The molecule has 10 N–H and O–H groups in total. The largest absolute Gasteiger partial charge is 0.445 e. The second kappa shape index (κ2) is 27.7. The maximum absolute atomic E-state index is 13.4. The molecule has 0 saturated heterocycles. The molecule has 1 aromatic heterocycles. The molecule has 0 fully saturated rings. The minimum atomic E-state index is -1.04. The molecule has 10 amide bonds. The van der Waals surface area contributed by atoms with E-state index in [-0.39, 0.29) is 81.5 Å². The van der Waals surface area contributed by atoms with Gasteiger partial charge in [0.1, 0.15) is 18.5 Å². The number of carbonyl (C=O) groups excluding carboxylic acids is 9. The number of rotatable bonds is 26. The summed E-state index contributed by atoms with van der Waals surface area (Å²) in [5.41, 5.74) is 15.3. The number of nitrogens with two attached hydrogens (primary N) is 2. The van der Waals surface area contributed by atoms with Gasteiger partial charge in [-0.05, 0) is 86.1 Å². The highest BCUT2D eigenvalue weighted by atomic mass is 16.5. The second-order valence-electron chi connectivity index (χ2n) is 17.0. The molecule has 0 aliphatic carbocycles. The highest BCUT2D eigenvalue weighted by Crippen LogP contribution is 2.29. The van der Waals surface area contributed by atoms with E-state index in [0.717, 1.165) is 17.7 Å². The summed E-state index contributed by atoms with van der Waals surface area (Å²) in [7, 11) is 0. The van der Waals surface area contributed by atoms with Gasteiger partial charge in [0.2, 0.25) is 23.6 Å². The molecule has 0 saturated carbocycles. The number of primary amides is 1. The summed E-state index contributed by atoms with van der Waals surface area (Å²) in [5.74, 6) is -2.54. The Balaban J connectivity index is 1.05. The lowest BCUT2D eigenvalue weighted by Crippen LogP contribution is -2.47. The monoisotopic (exact) mass is 990 g/mol. The van der Waals surface area contributed by atoms with E-state index in [9.17, 15) is 43.2 Å². The number of nitrogens with one attached hydrogen (secondary N) is 6. The lowest BCUT2D eigenvalue weighted by atomic mass is 10.0. The normalized spacial score (nSPS) is 13.1. The number of ether oxygens (including phenoxy) is 1. The van der Waals surface area contributed by atoms with Crippen molar-refractivity contribution in [2.24, 2.45) is 16.5 Å². The first-order valence-electron chi connectivity index (χ1n) is 23.8. The summed E-state index contributed by atoms with van der Waals surface area (Å²) < 4.78 is 5.38. The van der Waals surface area contributed by atoms with Gasteiger partial charge in [0, 0.05) is 86.3 Å². The second-order valence-corrected chi connectivity index (χ2v) is 17.0. The number of urea groups is 1. The molecular formula is C50H62N12O10. The lowest BCUT2D eigenvalue weighted by molar-refractivity contribution is -0.137. The number of unbranched alkanes of at least 4 members (excludes halogenated alkanes) is 2. The molecule has 72 heavy (non-hydrogen) atoms. The first kappa shape index (κ1) is 54.5. The van der Waals surface area contributed by atoms with Crippen molar-refractivity contribution in [3.8, 4) is 0 Å². The summed E-state index contributed by atoms with van der Waals surface area (Å²) >= 11 is 0. The molecule has 3 aromatic rings. The number of carbonyl (C=O) groups is 9. The number of hydrogen-bond acceptors (Lipinski definition) is 13. The molecule has 2 aromatic carbocycles. The SMILES string of the molecule is CCCN(CCC)C(=O)C1=Cc2ccc(C(=O)Nc3cncc(CNC(=O)OCc4ccc(NC(=O)C(CCCNC(N)=O)NC(=O)CNC(=O)CCCCCN5C(=O)C=CC5=O)cc4)c3)cc2N=C(N)C1. The molecule has 22 heteroatoms. The Hall–Kier alpha value is -8.43. The van der Waals surface area contributed by atoms with Crippen LogP contribution in [0, 0.1) is 0 Å². The Bertz CT molecular complexity index is 2550. The van der Waals surface area contributed by atoms with Gasteiger partial charge >= 0.3 is 12.1 Å². The van der Waals surface area contributed by atoms with E-state index in [4.69, 9.17) is 16.2 Å². The van der Waals surface area contributed by atoms with Crippen LogP contribution in [-0.2, 0) is 46.7 Å². The number of aromatic nitrogens is 1. The fraction of sp³-hybridized carbons (Fsp3) is 0.380. The van der Waals surface area contributed by atoms with E-state index in [0.29, 0.717) is 83.7 Å². The number of pyridine rings is 1. The molecule has 2 aliphatic heterocycles. The van der Waals surface area contributed by atoms with E-state index >= 15 is 0 Å². The zero-order chi connectivity index (χ0) is 52.0. The van der Waals surface area contributed by atoms with Crippen molar-refractivity contribution in [2.45, 2.75) is 90.8 Å². The van der Waals surface area contributed by atoms with Gasteiger partial charge in [-0.2, -0.15) is 0 Å². The third-order valence-electron chi connectivity index (χ3n) is 11.1. The van der Waals surface area contributed by atoms with Crippen LogP contribution in [-0.4, -0.2) is 113 Å². The van der Waals surface area contributed by atoms with E-state index in [1.807, 2.05) is 18.7 Å². The summed E-state index contributed by atoms with van der Waals surface area (Å²) in [6.45, 7) is 5.26. The number of aliphatic imine (C=N–C) groups is 1. The van der Waals surface area contributed by atoms with Crippen LogP contribution in [0.2, 0.25) is 0 Å². The molecule has 0 bridgehead atoms. The van der Waals surface area contributed by atoms with Crippen molar-refractivity contribution in [1.82, 2.24) is 36.1 Å². The minimum absolute atomic E-state index is 0.0322. The average Bonchev–Trinajstić information content (AvgIpc) is 3.57. The number of hydrogen-bond donors (Lipinski definition) is 8. The Morgan fingerprint density at radius 2 is 1.54 bits per heavy atom. The van der Waals surface area contributed by atoms with Gasteiger partial charge in [-0.3, -0.25) is 43.4 Å². The van der Waals surface area contributed by atoms with E-state index in [2.05, 4.69) is 41.9 Å². The fourth-order valence-corrected chi connectivity index (χ4v) is 7.55. The summed E-state index contributed by atoms with van der Waals surface area (Å²) in [4.78, 5) is 124. The van der Waals surface area contributed by atoms with Crippen LogP contribution < -0.4 is 43.4 Å². The van der Waals surface area contributed by atoms with Crippen molar-refractivity contribution in [2.75, 3.05) is 43.4 Å². The van der Waals surface area contributed by atoms with Gasteiger partial charge in [0.05, 0.1) is 24.1 Å². The molecule has 3 heterocycles. The Morgan fingerprint density at radius 3 is 2.25 bits per heavy atom. The zero-order valence-electron chi connectivity index (χ0n) is 40.4. The molecule has 5 rings (SSSR count). The Morgan fingerprint density at radius 1 is 0.806 bits per heavy atom. The molecule has 0 radical (unpaired) electrons. The molecule has 0 spiro atoms. The number of benzene rings is 2. The summed E-state index contributed by atoms with van der Waals surface area (Å²) in [6, 6.07) is 11.3. The van der Waals surface area contributed by atoms with Crippen molar-refractivity contribution >= 4 is 82.4 Å². The van der Waals surface area contributed by atoms with Crippen LogP contribution in [0.25, 0.3) is 6.08 Å². The highest BCUT2D eigenvalue weighted by molar-refractivity contribution is 6.13. The minimum Gasteiger partial charge on any atom is -0.445 e. The van der Waals surface area contributed by atoms with Gasteiger partial charge in [-0.15, -0.1) is 0 Å². The fourth-order valence-electron chi connectivity index (χ4n) is 7.55. The van der Waals surface area contributed by atoms with Crippen LogP contribution in [0.1, 0.15) is 98.7 Å². The van der Waals surface area contributed by atoms with Gasteiger partial charge in [0.15, 0.2) is 0 Å². The van der Waals surface area contributed by atoms with Crippen LogP contribution in [0.4, 0.5) is 26.7 Å². The van der Waals surface area contributed by atoms with E-state index in [1.165, 1.54) is 24.5 Å². The average molecular weight is 991 g/mol. The number of imide groups is 1. The number of nitrogens with zero attached hydrogens (tertiary/aromatic N) is 4. The third-order valence-corrected chi connectivity index (χ3v) is 11.1. The van der Waals surface area contributed by atoms with Crippen molar-refractivity contribution in [3.05, 3.63) is 101 Å². The maximum Gasteiger partial charge on any atom is 0.407 e. The highest BCUT2D eigenvalue weighted by Gasteiger charge is 2.24.